The van der Waals surface area contributed by atoms with Crippen molar-refractivity contribution < 1.29 is 24.0 Å². The number of anilines is 1. The van der Waals surface area contributed by atoms with Crippen LogP contribution in [0, 0.1) is 10.1 Å². The first-order valence-corrected chi connectivity index (χ1v) is 12.4. The van der Waals surface area contributed by atoms with E-state index in [1.807, 2.05) is 30.3 Å². The van der Waals surface area contributed by atoms with Crippen molar-refractivity contribution in [2.45, 2.75) is 11.7 Å². The molecule has 11 nitrogen and oxygen atoms in total. The van der Waals surface area contributed by atoms with Crippen molar-refractivity contribution in [2.24, 2.45) is 4.99 Å². The van der Waals surface area contributed by atoms with Gasteiger partial charge in [-0.05, 0) is 24.3 Å². The van der Waals surface area contributed by atoms with Crippen LogP contribution in [0.2, 0.25) is 0 Å². The Morgan fingerprint density at radius 1 is 1.22 bits per heavy atom. The molecule has 0 bridgehead atoms. The minimum atomic E-state index is -0.686. The number of amides is 2. The molecule has 1 atom stereocenters. The molecule has 1 N–H and O–H groups in total. The zero-order chi connectivity index (χ0) is 25.5. The van der Waals surface area contributed by atoms with E-state index >= 15 is 0 Å². The maximum absolute atomic E-state index is 13.3. The molecule has 2 aromatic carbocycles. The van der Waals surface area contributed by atoms with Gasteiger partial charge in [0.2, 0.25) is 11.8 Å². The molecule has 4 rings (SSSR count). The summed E-state index contributed by atoms with van der Waals surface area (Å²) in [6, 6.07) is 13.5. The van der Waals surface area contributed by atoms with E-state index in [0.717, 1.165) is 13.1 Å². The second-order valence-corrected chi connectivity index (χ2v) is 9.34. The van der Waals surface area contributed by atoms with Gasteiger partial charge in [0.25, 0.3) is 5.69 Å². The lowest BCUT2D eigenvalue weighted by molar-refractivity contribution is -0.384. The summed E-state index contributed by atoms with van der Waals surface area (Å²) in [7, 11) is 1.40. The number of thioether (sulfide) groups is 1. The highest BCUT2D eigenvalue weighted by Gasteiger charge is 2.39. The van der Waals surface area contributed by atoms with Crippen LogP contribution in [-0.4, -0.2) is 83.5 Å². The molecule has 2 heterocycles. The van der Waals surface area contributed by atoms with E-state index in [-0.39, 0.29) is 23.7 Å². The number of methoxy groups -OCH3 is 1. The van der Waals surface area contributed by atoms with Gasteiger partial charge in [0.15, 0.2) is 5.17 Å². The number of rotatable bonds is 9. The van der Waals surface area contributed by atoms with Gasteiger partial charge in [-0.1, -0.05) is 30.0 Å². The smallest absolute Gasteiger partial charge is 0.296 e. The van der Waals surface area contributed by atoms with Gasteiger partial charge in [0, 0.05) is 32.6 Å². The van der Waals surface area contributed by atoms with Gasteiger partial charge in [0.1, 0.15) is 16.7 Å². The Morgan fingerprint density at radius 2 is 1.97 bits per heavy atom. The summed E-state index contributed by atoms with van der Waals surface area (Å²) in [5.41, 5.74) is 0.471. The second kappa shape index (κ2) is 12.0. The van der Waals surface area contributed by atoms with Crippen molar-refractivity contribution in [1.29, 1.82) is 0 Å². The molecule has 0 aliphatic carbocycles. The van der Waals surface area contributed by atoms with Crippen LogP contribution < -0.4 is 10.1 Å². The Morgan fingerprint density at radius 3 is 2.67 bits per heavy atom. The number of carbonyl (C=O) groups excluding carboxylic acids is 2. The standard InChI is InChI=1S/C24H27N5O6S/c1-34-18-7-8-19(20(15-18)29(32)33)26-22(30)16-21-23(31)28(10-9-27-11-13-35-14-12-27)24(36-21)25-17-5-3-2-4-6-17/h2-8,15,21H,9-14,16H2,1H3,(H,26,30). The molecule has 36 heavy (non-hydrogen) atoms. The topological polar surface area (TPSA) is 127 Å². The Kier molecular flexibility index (Phi) is 8.52. The molecule has 2 aliphatic heterocycles. The largest absolute Gasteiger partial charge is 0.496 e. The van der Waals surface area contributed by atoms with Crippen LogP contribution in [0.5, 0.6) is 5.75 Å². The van der Waals surface area contributed by atoms with Gasteiger partial charge in [0.05, 0.1) is 37.0 Å². The predicted molar refractivity (Wildman–Crippen MR) is 137 cm³/mol. The molecule has 1 unspecified atom stereocenters. The number of nitrogens with zero attached hydrogens (tertiary/aromatic N) is 4. The monoisotopic (exact) mass is 513 g/mol. The minimum absolute atomic E-state index is 0.0450. The molecule has 2 aliphatic rings. The maximum Gasteiger partial charge on any atom is 0.296 e. The number of benzene rings is 2. The fourth-order valence-electron chi connectivity index (χ4n) is 3.87. The Labute approximate surface area is 212 Å². The SMILES string of the molecule is COc1ccc(NC(=O)CC2SC(=Nc3ccccc3)N(CCN3CCOCC3)C2=O)c([N+](=O)[O-])c1. The highest BCUT2D eigenvalue weighted by molar-refractivity contribution is 8.15. The number of ether oxygens (including phenoxy) is 2. The van der Waals surface area contributed by atoms with Crippen LogP contribution in [0.25, 0.3) is 0 Å². The number of nitro groups is 1. The van der Waals surface area contributed by atoms with Gasteiger partial charge >= 0.3 is 0 Å². The van der Waals surface area contributed by atoms with E-state index in [0.29, 0.717) is 42.9 Å². The fourth-order valence-corrected chi connectivity index (χ4v) is 5.06. The summed E-state index contributed by atoms with van der Waals surface area (Å²) < 4.78 is 10.4. The number of amidine groups is 1. The first kappa shape index (κ1) is 25.6. The van der Waals surface area contributed by atoms with Crippen LogP contribution in [0.15, 0.2) is 53.5 Å². The fraction of sp³-hybridized carbons (Fsp3) is 0.375. The molecule has 0 aromatic heterocycles. The maximum atomic E-state index is 13.3. The van der Waals surface area contributed by atoms with Gasteiger partial charge < -0.3 is 14.8 Å². The first-order valence-electron chi connectivity index (χ1n) is 11.5. The predicted octanol–water partition coefficient (Wildman–Crippen LogP) is 2.90. The van der Waals surface area contributed by atoms with Crippen LogP contribution >= 0.6 is 11.8 Å². The van der Waals surface area contributed by atoms with Crippen molar-refractivity contribution in [1.82, 2.24) is 9.80 Å². The van der Waals surface area contributed by atoms with E-state index in [2.05, 4.69) is 15.2 Å². The third kappa shape index (κ3) is 6.39. The highest BCUT2D eigenvalue weighted by Crippen LogP contribution is 2.33. The van der Waals surface area contributed by atoms with Crippen LogP contribution in [-0.2, 0) is 14.3 Å². The van der Waals surface area contributed by atoms with Gasteiger partial charge in [-0.2, -0.15) is 0 Å². The summed E-state index contributed by atoms with van der Waals surface area (Å²) >= 11 is 1.23. The van der Waals surface area contributed by atoms with Crippen molar-refractivity contribution in [3.8, 4) is 5.75 Å². The van der Waals surface area contributed by atoms with Gasteiger partial charge in [-0.3, -0.25) is 29.5 Å². The van der Waals surface area contributed by atoms with Gasteiger partial charge in [-0.25, -0.2) is 4.99 Å². The lowest BCUT2D eigenvalue weighted by Gasteiger charge is -2.28. The lowest BCUT2D eigenvalue weighted by atomic mass is 10.2. The molecule has 0 spiro atoms. The van der Waals surface area contributed by atoms with E-state index in [4.69, 9.17) is 9.47 Å². The Balaban J connectivity index is 1.47. The average molecular weight is 514 g/mol. The van der Waals surface area contributed by atoms with E-state index in [1.54, 1.807) is 4.90 Å². The second-order valence-electron chi connectivity index (χ2n) is 8.17. The molecule has 2 fully saturated rings. The molecule has 0 saturated carbocycles. The summed E-state index contributed by atoms with van der Waals surface area (Å²) in [6.07, 6.45) is -0.144. The van der Waals surface area contributed by atoms with Crippen molar-refractivity contribution in [2.75, 3.05) is 51.8 Å². The van der Waals surface area contributed by atoms with E-state index in [9.17, 15) is 19.7 Å². The lowest BCUT2D eigenvalue weighted by Crippen LogP contribution is -2.43. The Bertz CT molecular complexity index is 1140. The number of hydrogen-bond acceptors (Lipinski definition) is 9. The summed E-state index contributed by atoms with van der Waals surface area (Å²) in [6.45, 7) is 4.03. The normalized spacial score (nSPS) is 19.5. The van der Waals surface area contributed by atoms with Crippen LogP contribution in [0.1, 0.15) is 6.42 Å². The quantitative estimate of drug-likeness (QED) is 0.401. The minimum Gasteiger partial charge on any atom is -0.496 e. The van der Waals surface area contributed by atoms with Crippen LogP contribution in [0.3, 0.4) is 0 Å². The number of hydrogen-bond donors (Lipinski definition) is 1. The van der Waals surface area contributed by atoms with Crippen molar-refractivity contribution in [3.63, 3.8) is 0 Å². The molecular weight excluding hydrogens is 486 g/mol. The highest BCUT2D eigenvalue weighted by atomic mass is 32.2. The Hall–Kier alpha value is -3.48. The van der Waals surface area contributed by atoms with E-state index < -0.39 is 16.1 Å². The third-order valence-corrected chi connectivity index (χ3v) is 6.97. The number of nitrogens with one attached hydrogen (secondary N) is 1. The molecular formula is C24H27N5O6S. The zero-order valence-corrected chi connectivity index (χ0v) is 20.6. The summed E-state index contributed by atoms with van der Waals surface area (Å²) in [5, 5.41) is 13.9. The zero-order valence-electron chi connectivity index (χ0n) is 19.8. The van der Waals surface area contributed by atoms with Crippen LogP contribution in [0.4, 0.5) is 17.1 Å². The number of nitro benzene ring substituents is 1. The number of para-hydroxylation sites is 1. The number of carbonyl (C=O) groups is 2. The molecule has 2 saturated heterocycles. The van der Waals surface area contributed by atoms with E-state index in [1.165, 1.54) is 37.1 Å². The molecule has 2 amide bonds. The van der Waals surface area contributed by atoms with Gasteiger partial charge in [-0.15, -0.1) is 0 Å². The first-order chi connectivity index (χ1) is 17.4. The third-order valence-electron chi connectivity index (χ3n) is 5.79. The summed E-state index contributed by atoms with van der Waals surface area (Å²) in [4.78, 5) is 45.5. The molecule has 12 heteroatoms. The molecule has 0 radical (unpaired) electrons. The van der Waals surface area contributed by atoms with Crippen molar-refractivity contribution >= 4 is 45.8 Å². The summed E-state index contributed by atoms with van der Waals surface area (Å²) in [5.74, 6) is -0.399. The molecule has 190 valence electrons. The average Bonchev–Trinajstić information content (AvgIpc) is 3.17. The number of aliphatic imine (C=N–C) groups is 1. The molecule has 2 aromatic rings. The van der Waals surface area contributed by atoms with Crippen molar-refractivity contribution in [3.05, 3.63) is 58.6 Å². The number of morpholine rings is 1.